The zero-order valence-electron chi connectivity index (χ0n) is 15.7. The first-order chi connectivity index (χ1) is 12.9. The van der Waals surface area contributed by atoms with Gasteiger partial charge in [0.05, 0.1) is 0 Å². The van der Waals surface area contributed by atoms with E-state index in [-0.39, 0.29) is 11.7 Å². The van der Waals surface area contributed by atoms with Crippen molar-refractivity contribution >= 4 is 27.8 Å². The molecule has 0 fully saturated rings. The Hall–Kier alpha value is -2.41. The van der Waals surface area contributed by atoms with Crippen LogP contribution in [0.3, 0.4) is 0 Å². The maximum absolute atomic E-state index is 13.9. The van der Waals surface area contributed by atoms with E-state index in [4.69, 9.17) is 0 Å². The van der Waals surface area contributed by atoms with Crippen molar-refractivity contribution in [3.05, 3.63) is 69.4 Å². The summed E-state index contributed by atoms with van der Waals surface area (Å²) in [6, 6.07) is 12.6. The molecule has 0 aromatic heterocycles. The number of carbonyl (C=O) groups is 1. The van der Waals surface area contributed by atoms with Crippen molar-refractivity contribution < 1.29 is 9.18 Å². The van der Waals surface area contributed by atoms with E-state index in [1.807, 2.05) is 24.3 Å². The van der Waals surface area contributed by atoms with Gasteiger partial charge in [-0.25, -0.2) is 4.39 Å². The predicted molar refractivity (Wildman–Crippen MR) is 110 cm³/mol. The van der Waals surface area contributed by atoms with Gasteiger partial charge in [-0.05, 0) is 36.2 Å². The molecule has 0 aliphatic rings. The zero-order valence-corrected chi connectivity index (χ0v) is 17.3. The first-order valence-electron chi connectivity index (χ1n) is 8.59. The molecule has 0 aliphatic heterocycles. The van der Waals surface area contributed by atoms with Crippen LogP contribution < -0.4 is 10.6 Å². The lowest BCUT2D eigenvalue weighted by molar-refractivity contribution is 0.0827. The van der Waals surface area contributed by atoms with Crippen LogP contribution >= 0.6 is 15.9 Å². The molecule has 0 heterocycles. The Labute approximate surface area is 167 Å². The fourth-order valence-electron chi connectivity index (χ4n) is 2.51. The highest BCUT2D eigenvalue weighted by atomic mass is 79.9. The van der Waals surface area contributed by atoms with Gasteiger partial charge in [-0.3, -0.25) is 9.79 Å². The number of aliphatic imine (C=N–C) groups is 1. The average Bonchev–Trinajstić information content (AvgIpc) is 2.65. The second-order valence-corrected chi connectivity index (χ2v) is 7.15. The first kappa shape index (κ1) is 20.9. The van der Waals surface area contributed by atoms with Gasteiger partial charge >= 0.3 is 0 Å². The quantitative estimate of drug-likeness (QED) is 0.542. The molecule has 0 aliphatic carbocycles. The molecule has 0 spiro atoms. The van der Waals surface area contributed by atoms with Crippen molar-refractivity contribution in [3.8, 4) is 0 Å². The van der Waals surface area contributed by atoms with E-state index < -0.39 is 0 Å². The van der Waals surface area contributed by atoms with Crippen LogP contribution in [0.15, 0.2) is 51.9 Å². The highest BCUT2D eigenvalue weighted by Gasteiger charge is 2.08. The van der Waals surface area contributed by atoms with E-state index in [9.17, 15) is 9.18 Å². The molecule has 0 radical (unpaired) electrons. The number of halogens is 2. The molecule has 2 N–H and O–H groups in total. The third-order valence-electron chi connectivity index (χ3n) is 3.97. The van der Waals surface area contributed by atoms with E-state index in [0.29, 0.717) is 34.6 Å². The summed E-state index contributed by atoms with van der Waals surface area (Å²) in [7, 11) is 5.14. The molecule has 0 bridgehead atoms. The fraction of sp³-hybridized carbons (Fsp3) is 0.300. The number of benzene rings is 2. The lowest BCUT2D eigenvalue weighted by Gasteiger charge is -2.13. The van der Waals surface area contributed by atoms with Crippen molar-refractivity contribution in [1.29, 1.82) is 0 Å². The number of carbonyl (C=O) groups excluding carboxylic acids is 1. The minimum Gasteiger partial charge on any atom is -0.356 e. The molecule has 0 saturated heterocycles. The molecule has 2 aromatic rings. The molecular formula is C20H24BrFN4O. The maximum Gasteiger partial charge on any atom is 0.253 e. The number of guanidine groups is 1. The minimum atomic E-state index is -0.269. The molecule has 144 valence electrons. The molecule has 0 unspecified atom stereocenters. The van der Waals surface area contributed by atoms with Crippen LogP contribution in [0, 0.1) is 5.82 Å². The maximum atomic E-state index is 13.9. The van der Waals surface area contributed by atoms with Crippen molar-refractivity contribution in [2.45, 2.75) is 13.0 Å². The summed E-state index contributed by atoms with van der Waals surface area (Å²) in [5.74, 6) is 0.311. The van der Waals surface area contributed by atoms with Gasteiger partial charge < -0.3 is 15.5 Å². The third-order valence-corrected chi connectivity index (χ3v) is 4.46. The summed E-state index contributed by atoms with van der Waals surface area (Å²) < 4.78 is 14.6. The highest BCUT2D eigenvalue weighted by Crippen LogP contribution is 2.15. The largest absolute Gasteiger partial charge is 0.356 e. The molecular weight excluding hydrogens is 411 g/mol. The van der Waals surface area contributed by atoms with Gasteiger partial charge in [0.2, 0.25) is 0 Å². The van der Waals surface area contributed by atoms with Gasteiger partial charge in [0.1, 0.15) is 5.82 Å². The summed E-state index contributed by atoms with van der Waals surface area (Å²) in [5.41, 5.74) is 2.30. The van der Waals surface area contributed by atoms with Crippen molar-refractivity contribution in [2.75, 3.05) is 27.7 Å². The van der Waals surface area contributed by atoms with Gasteiger partial charge in [-0.1, -0.05) is 34.1 Å². The number of nitrogens with one attached hydrogen (secondary N) is 2. The summed E-state index contributed by atoms with van der Waals surface area (Å²) in [6.07, 6.45) is 0.738. The molecule has 1 amide bonds. The Morgan fingerprint density at radius 1 is 1.19 bits per heavy atom. The van der Waals surface area contributed by atoms with Gasteiger partial charge in [-0.15, -0.1) is 0 Å². The van der Waals surface area contributed by atoms with Crippen LogP contribution in [0.4, 0.5) is 4.39 Å². The monoisotopic (exact) mass is 434 g/mol. The van der Waals surface area contributed by atoms with Gasteiger partial charge in [0.25, 0.3) is 5.91 Å². The normalized spacial score (nSPS) is 11.2. The van der Waals surface area contributed by atoms with E-state index in [0.717, 1.165) is 12.0 Å². The topological polar surface area (TPSA) is 56.7 Å². The molecule has 2 rings (SSSR count). The first-order valence-corrected chi connectivity index (χ1v) is 9.39. The summed E-state index contributed by atoms with van der Waals surface area (Å²) >= 11 is 3.25. The molecule has 2 aromatic carbocycles. The van der Waals surface area contributed by atoms with Crippen LogP contribution in [0.25, 0.3) is 0 Å². The number of amides is 1. The van der Waals surface area contributed by atoms with Crippen molar-refractivity contribution in [1.82, 2.24) is 15.5 Å². The fourth-order valence-corrected chi connectivity index (χ4v) is 2.84. The minimum absolute atomic E-state index is 0.0150. The summed E-state index contributed by atoms with van der Waals surface area (Å²) in [5, 5.41) is 6.30. The molecule has 0 saturated carbocycles. The lowest BCUT2D eigenvalue weighted by Crippen LogP contribution is -2.38. The highest BCUT2D eigenvalue weighted by molar-refractivity contribution is 9.10. The summed E-state index contributed by atoms with van der Waals surface area (Å²) in [6.45, 7) is 0.980. The Bertz CT molecular complexity index is 823. The van der Waals surface area contributed by atoms with Crippen molar-refractivity contribution in [3.63, 3.8) is 0 Å². The lowest BCUT2D eigenvalue weighted by atomic mass is 10.1. The van der Waals surface area contributed by atoms with Gasteiger partial charge in [0.15, 0.2) is 5.96 Å². The van der Waals surface area contributed by atoms with Gasteiger partial charge in [0, 0.05) is 49.8 Å². The third kappa shape index (κ3) is 6.36. The number of hydrogen-bond donors (Lipinski definition) is 2. The van der Waals surface area contributed by atoms with Crippen LogP contribution in [0.5, 0.6) is 0 Å². The second-order valence-electron chi connectivity index (χ2n) is 6.24. The van der Waals surface area contributed by atoms with Crippen LogP contribution in [-0.4, -0.2) is 44.5 Å². The zero-order chi connectivity index (χ0) is 19.8. The number of rotatable bonds is 6. The smallest absolute Gasteiger partial charge is 0.253 e. The molecule has 5 nitrogen and oxygen atoms in total. The van der Waals surface area contributed by atoms with Gasteiger partial charge in [-0.2, -0.15) is 0 Å². The Balaban J connectivity index is 1.86. The second kappa shape index (κ2) is 10.1. The average molecular weight is 435 g/mol. The van der Waals surface area contributed by atoms with E-state index in [2.05, 4.69) is 31.6 Å². The van der Waals surface area contributed by atoms with E-state index in [1.54, 1.807) is 38.2 Å². The number of nitrogens with zero attached hydrogens (tertiary/aromatic N) is 2. The van der Waals surface area contributed by atoms with E-state index >= 15 is 0 Å². The van der Waals surface area contributed by atoms with Crippen LogP contribution in [0.2, 0.25) is 0 Å². The SMILES string of the molecule is CN=C(NCCc1cccc(C(=O)N(C)C)c1)NCc1ccc(Br)cc1F. The van der Waals surface area contributed by atoms with Crippen LogP contribution in [-0.2, 0) is 13.0 Å². The molecule has 27 heavy (non-hydrogen) atoms. The van der Waals surface area contributed by atoms with Crippen LogP contribution in [0.1, 0.15) is 21.5 Å². The van der Waals surface area contributed by atoms with Crippen molar-refractivity contribution in [2.24, 2.45) is 4.99 Å². The Kier molecular flexibility index (Phi) is 7.79. The Morgan fingerprint density at radius 3 is 2.63 bits per heavy atom. The standard InChI is InChI=1S/C20H24BrFN4O/c1-23-20(25-13-16-7-8-17(21)12-18(16)22)24-10-9-14-5-4-6-15(11-14)19(27)26(2)3/h4-8,11-12H,9-10,13H2,1-3H3,(H2,23,24,25). The molecule has 0 atom stereocenters. The number of hydrogen-bond acceptors (Lipinski definition) is 2. The summed E-state index contributed by atoms with van der Waals surface area (Å²) in [4.78, 5) is 17.8. The van der Waals surface area contributed by atoms with E-state index in [1.165, 1.54) is 6.07 Å². The Morgan fingerprint density at radius 2 is 1.96 bits per heavy atom. The predicted octanol–water partition coefficient (Wildman–Crippen LogP) is 3.20. The molecule has 7 heteroatoms.